The standard InChI is InChI=1S/C14H22N2O3S/c1-3-5-11(12-6-4-9-20-12)16-14(19)15-8-7-10(2)13(17)18/h4,6,9-11H,3,5,7-8H2,1-2H3,(H,17,18)(H2,15,16,19). The van der Waals surface area contributed by atoms with Gasteiger partial charge in [0.1, 0.15) is 0 Å². The van der Waals surface area contributed by atoms with E-state index >= 15 is 0 Å². The number of carboxylic acid groups (broad SMARTS) is 1. The largest absolute Gasteiger partial charge is 0.481 e. The summed E-state index contributed by atoms with van der Waals surface area (Å²) >= 11 is 1.63. The normalized spacial score (nSPS) is 13.5. The van der Waals surface area contributed by atoms with Gasteiger partial charge in [0.2, 0.25) is 0 Å². The van der Waals surface area contributed by atoms with E-state index in [4.69, 9.17) is 5.11 Å². The van der Waals surface area contributed by atoms with Crippen LogP contribution in [0.5, 0.6) is 0 Å². The van der Waals surface area contributed by atoms with Crippen LogP contribution in [-0.4, -0.2) is 23.7 Å². The molecule has 0 aliphatic rings. The van der Waals surface area contributed by atoms with Crippen molar-refractivity contribution in [1.82, 2.24) is 10.6 Å². The Labute approximate surface area is 123 Å². The second-order valence-corrected chi connectivity index (χ2v) is 5.76. The zero-order valence-corrected chi connectivity index (χ0v) is 12.7. The molecule has 0 radical (unpaired) electrons. The lowest BCUT2D eigenvalue weighted by Gasteiger charge is -2.17. The van der Waals surface area contributed by atoms with Gasteiger partial charge in [-0.25, -0.2) is 4.79 Å². The van der Waals surface area contributed by atoms with Crippen LogP contribution >= 0.6 is 11.3 Å². The SMILES string of the molecule is CCCC(NC(=O)NCCC(C)C(=O)O)c1cccs1. The summed E-state index contributed by atoms with van der Waals surface area (Å²) in [5.41, 5.74) is 0. The highest BCUT2D eigenvalue weighted by molar-refractivity contribution is 7.10. The first-order valence-corrected chi connectivity index (χ1v) is 7.73. The van der Waals surface area contributed by atoms with Crippen LogP contribution in [0.15, 0.2) is 17.5 Å². The van der Waals surface area contributed by atoms with Crippen LogP contribution in [0.3, 0.4) is 0 Å². The molecule has 0 fully saturated rings. The maximum atomic E-state index is 11.8. The molecule has 0 bridgehead atoms. The summed E-state index contributed by atoms with van der Waals surface area (Å²) < 4.78 is 0. The summed E-state index contributed by atoms with van der Waals surface area (Å²) in [4.78, 5) is 23.6. The summed E-state index contributed by atoms with van der Waals surface area (Å²) in [6, 6.07) is 3.76. The van der Waals surface area contributed by atoms with Crippen molar-refractivity contribution >= 4 is 23.3 Å². The minimum Gasteiger partial charge on any atom is -0.481 e. The zero-order chi connectivity index (χ0) is 15.0. The van der Waals surface area contributed by atoms with Gasteiger partial charge in [-0.1, -0.05) is 26.3 Å². The van der Waals surface area contributed by atoms with Gasteiger partial charge in [0.15, 0.2) is 0 Å². The van der Waals surface area contributed by atoms with Gasteiger partial charge >= 0.3 is 12.0 Å². The number of urea groups is 1. The van der Waals surface area contributed by atoms with E-state index in [2.05, 4.69) is 17.6 Å². The molecule has 0 saturated carbocycles. The van der Waals surface area contributed by atoms with Crippen LogP contribution in [0, 0.1) is 5.92 Å². The predicted octanol–water partition coefficient (Wildman–Crippen LogP) is 3.00. The Morgan fingerprint density at radius 1 is 1.40 bits per heavy atom. The van der Waals surface area contributed by atoms with Crippen molar-refractivity contribution in [1.29, 1.82) is 0 Å². The lowest BCUT2D eigenvalue weighted by Crippen LogP contribution is -2.38. The number of hydrogen-bond donors (Lipinski definition) is 3. The van der Waals surface area contributed by atoms with E-state index in [0.717, 1.165) is 17.7 Å². The average molecular weight is 298 g/mol. The number of carbonyl (C=O) groups is 2. The van der Waals surface area contributed by atoms with E-state index in [1.54, 1.807) is 18.3 Å². The van der Waals surface area contributed by atoms with Gasteiger partial charge in [0, 0.05) is 11.4 Å². The Kier molecular flexibility index (Phi) is 7.08. The fraction of sp³-hybridized carbons (Fsp3) is 0.571. The van der Waals surface area contributed by atoms with Crippen LogP contribution in [0.2, 0.25) is 0 Å². The van der Waals surface area contributed by atoms with Gasteiger partial charge in [-0.15, -0.1) is 11.3 Å². The lowest BCUT2D eigenvalue weighted by atomic mass is 10.1. The number of rotatable bonds is 8. The van der Waals surface area contributed by atoms with Gasteiger partial charge in [-0.2, -0.15) is 0 Å². The van der Waals surface area contributed by atoms with Crippen molar-refractivity contribution in [2.45, 2.75) is 39.2 Å². The highest BCUT2D eigenvalue weighted by Crippen LogP contribution is 2.22. The summed E-state index contributed by atoms with van der Waals surface area (Å²) in [5, 5.41) is 16.4. The molecule has 6 heteroatoms. The van der Waals surface area contributed by atoms with Gasteiger partial charge in [-0.05, 0) is 24.3 Å². The summed E-state index contributed by atoms with van der Waals surface area (Å²) in [6.07, 6.45) is 2.30. The van der Waals surface area contributed by atoms with Crippen molar-refractivity contribution in [2.24, 2.45) is 5.92 Å². The van der Waals surface area contributed by atoms with E-state index in [-0.39, 0.29) is 12.1 Å². The van der Waals surface area contributed by atoms with Gasteiger partial charge in [0.05, 0.1) is 12.0 Å². The first-order chi connectivity index (χ1) is 9.54. The van der Waals surface area contributed by atoms with E-state index < -0.39 is 11.9 Å². The highest BCUT2D eigenvalue weighted by atomic mass is 32.1. The number of thiophene rings is 1. The topological polar surface area (TPSA) is 78.4 Å². The predicted molar refractivity (Wildman–Crippen MR) is 79.9 cm³/mol. The zero-order valence-electron chi connectivity index (χ0n) is 11.9. The number of amides is 2. The number of carboxylic acids is 1. The van der Waals surface area contributed by atoms with E-state index in [0.29, 0.717) is 13.0 Å². The lowest BCUT2D eigenvalue weighted by molar-refractivity contribution is -0.141. The minimum absolute atomic E-state index is 0.0249. The molecule has 0 spiro atoms. The fourth-order valence-electron chi connectivity index (χ4n) is 1.80. The van der Waals surface area contributed by atoms with Crippen molar-refractivity contribution in [3.63, 3.8) is 0 Å². The van der Waals surface area contributed by atoms with Gasteiger partial charge in [-0.3, -0.25) is 4.79 Å². The molecule has 112 valence electrons. The third-order valence-corrected chi connectivity index (χ3v) is 4.04. The van der Waals surface area contributed by atoms with E-state index in [9.17, 15) is 9.59 Å². The molecule has 1 rings (SSSR count). The van der Waals surface area contributed by atoms with Crippen LogP contribution in [-0.2, 0) is 4.79 Å². The van der Waals surface area contributed by atoms with E-state index in [1.165, 1.54) is 0 Å². The smallest absolute Gasteiger partial charge is 0.315 e. The Balaban J connectivity index is 2.37. The molecular weight excluding hydrogens is 276 g/mol. The molecule has 5 nitrogen and oxygen atoms in total. The Morgan fingerprint density at radius 2 is 2.15 bits per heavy atom. The van der Waals surface area contributed by atoms with Crippen LogP contribution in [0.4, 0.5) is 4.79 Å². The van der Waals surface area contributed by atoms with Crippen LogP contribution in [0.25, 0.3) is 0 Å². The fourth-order valence-corrected chi connectivity index (χ4v) is 2.61. The minimum atomic E-state index is -0.838. The maximum absolute atomic E-state index is 11.8. The molecule has 2 atom stereocenters. The molecule has 20 heavy (non-hydrogen) atoms. The van der Waals surface area contributed by atoms with Crippen molar-refractivity contribution < 1.29 is 14.7 Å². The molecule has 0 aromatic carbocycles. The molecule has 1 aromatic rings. The Hall–Kier alpha value is -1.56. The number of aliphatic carboxylic acids is 1. The molecule has 3 N–H and O–H groups in total. The Morgan fingerprint density at radius 3 is 2.70 bits per heavy atom. The monoisotopic (exact) mass is 298 g/mol. The number of hydrogen-bond acceptors (Lipinski definition) is 3. The second kappa shape index (κ2) is 8.58. The third-order valence-electron chi connectivity index (χ3n) is 3.05. The molecule has 0 saturated heterocycles. The van der Waals surface area contributed by atoms with Crippen molar-refractivity contribution in [3.8, 4) is 0 Å². The molecule has 2 amide bonds. The number of nitrogens with one attached hydrogen (secondary N) is 2. The molecule has 0 aliphatic heterocycles. The highest BCUT2D eigenvalue weighted by Gasteiger charge is 2.15. The van der Waals surface area contributed by atoms with Gasteiger partial charge < -0.3 is 15.7 Å². The van der Waals surface area contributed by atoms with Crippen molar-refractivity contribution in [2.75, 3.05) is 6.54 Å². The third kappa shape index (κ3) is 5.61. The molecular formula is C14H22N2O3S. The maximum Gasteiger partial charge on any atom is 0.315 e. The Bertz CT molecular complexity index is 420. The average Bonchev–Trinajstić information content (AvgIpc) is 2.91. The second-order valence-electron chi connectivity index (χ2n) is 4.78. The summed E-state index contributed by atoms with van der Waals surface area (Å²) in [6.45, 7) is 4.07. The quantitative estimate of drug-likeness (QED) is 0.690. The van der Waals surface area contributed by atoms with Gasteiger partial charge in [0.25, 0.3) is 0 Å². The van der Waals surface area contributed by atoms with Crippen LogP contribution < -0.4 is 10.6 Å². The number of carbonyl (C=O) groups excluding carboxylic acids is 1. The first-order valence-electron chi connectivity index (χ1n) is 6.85. The van der Waals surface area contributed by atoms with Crippen molar-refractivity contribution in [3.05, 3.63) is 22.4 Å². The molecule has 1 heterocycles. The molecule has 2 unspecified atom stereocenters. The summed E-state index contributed by atoms with van der Waals surface area (Å²) in [5.74, 6) is -1.28. The van der Waals surface area contributed by atoms with E-state index in [1.807, 2.05) is 17.5 Å². The molecule has 1 aromatic heterocycles. The molecule has 0 aliphatic carbocycles. The summed E-state index contributed by atoms with van der Waals surface area (Å²) in [7, 11) is 0. The first kappa shape index (κ1) is 16.5. The van der Waals surface area contributed by atoms with Crippen LogP contribution in [0.1, 0.15) is 44.0 Å².